The molecule has 1 rings (SSSR count). The molecule has 0 spiro atoms. The zero-order valence-electron chi connectivity index (χ0n) is 11.1. The van der Waals surface area contributed by atoms with E-state index in [0.717, 1.165) is 38.0 Å². The number of rotatable bonds is 7. The number of thiol groups is 1. The van der Waals surface area contributed by atoms with Gasteiger partial charge in [-0.25, -0.2) is 4.79 Å². The molecule has 17 heavy (non-hydrogen) atoms. The second-order valence-electron chi connectivity index (χ2n) is 4.98. The van der Waals surface area contributed by atoms with Crippen LogP contribution in [0.2, 0.25) is 0 Å². The largest absolute Gasteiger partial charge is 0.327 e. The lowest BCUT2D eigenvalue weighted by atomic mass is 9.81. The van der Waals surface area contributed by atoms with E-state index in [9.17, 15) is 4.79 Å². The van der Waals surface area contributed by atoms with Gasteiger partial charge in [0, 0.05) is 26.0 Å². The van der Waals surface area contributed by atoms with E-state index in [1.807, 2.05) is 17.0 Å². The van der Waals surface area contributed by atoms with Crippen molar-refractivity contribution < 1.29 is 0 Å². The molecule has 1 aromatic heterocycles. The van der Waals surface area contributed by atoms with E-state index in [0.29, 0.717) is 0 Å². The molecule has 0 aliphatic carbocycles. The maximum atomic E-state index is 11.9. The highest BCUT2D eigenvalue weighted by Gasteiger charge is 2.28. The third-order valence-electron chi connectivity index (χ3n) is 3.42. The van der Waals surface area contributed by atoms with Gasteiger partial charge in [-0.3, -0.25) is 4.57 Å². The maximum Gasteiger partial charge on any atom is 0.327 e. The van der Waals surface area contributed by atoms with Crippen LogP contribution >= 0.6 is 12.6 Å². The molecule has 98 valence electrons. The van der Waals surface area contributed by atoms with Gasteiger partial charge in [-0.05, 0) is 24.0 Å². The zero-order chi connectivity index (χ0) is 12.9. The Balaban J connectivity index is 2.92. The van der Waals surface area contributed by atoms with Gasteiger partial charge in [-0.15, -0.1) is 0 Å². The van der Waals surface area contributed by atoms with Gasteiger partial charge in [0.05, 0.1) is 0 Å². The Bertz CT molecular complexity index is 388. The molecule has 0 atom stereocenters. The Kier molecular flexibility index (Phi) is 5.37. The van der Waals surface area contributed by atoms with Crippen molar-refractivity contribution in [3.63, 3.8) is 0 Å². The first-order valence-corrected chi connectivity index (χ1v) is 7.04. The SMILES string of the molecule is CCCC(CS)(CCC)Cn1ccn(C)c1=O. The number of hydrogen-bond acceptors (Lipinski definition) is 2. The van der Waals surface area contributed by atoms with Crippen molar-refractivity contribution in [2.75, 3.05) is 5.75 Å². The highest BCUT2D eigenvalue weighted by atomic mass is 32.1. The Morgan fingerprint density at radius 3 is 2.18 bits per heavy atom. The summed E-state index contributed by atoms with van der Waals surface area (Å²) >= 11 is 4.52. The lowest BCUT2D eigenvalue weighted by Gasteiger charge is -2.32. The molecule has 1 aromatic rings. The van der Waals surface area contributed by atoms with Gasteiger partial charge in [-0.1, -0.05) is 26.7 Å². The predicted octanol–water partition coefficient (Wildman–Crippen LogP) is 2.70. The first-order valence-electron chi connectivity index (χ1n) is 6.41. The van der Waals surface area contributed by atoms with Crippen LogP contribution in [0.3, 0.4) is 0 Å². The Morgan fingerprint density at radius 2 is 1.82 bits per heavy atom. The summed E-state index contributed by atoms with van der Waals surface area (Å²) < 4.78 is 3.45. The Labute approximate surface area is 109 Å². The average Bonchev–Trinajstić information content (AvgIpc) is 2.61. The minimum atomic E-state index is 0.0726. The molecule has 0 fully saturated rings. The van der Waals surface area contributed by atoms with Crippen molar-refractivity contribution in [1.29, 1.82) is 0 Å². The second kappa shape index (κ2) is 6.34. The number of aryl methyl sites for hydroxylation is 1. The van der Waals surface area contributed by atoms with E-state index >= 15 is 0 Å². The van der Waals surface area contributed by atoms with E-state index < -0.39 is 0 Å². The molecule has 0 N–H and O–H groups in total. The van der Waals surface area contributed by atoms with Crippen molar-refractivity contribution in [3.05, 3.63) is 22.9 Å². The molecular formula is C13H24N2OS. The summed E-state index contributed by atoms with van der Waals surface area (Å²) in [7, 11) is 1.79. The minimum Gasteiger partial charge on any atom is -0.302 e. The molecular weight excluding hydrogens is 232 g/mol. The van der Waals surface area contributed by atoms with Crippen LogP contribution in [0.25, 0.3) is 0 Å². The standard InChI is InChI=1S/C13H24N2OS/c1-4-6-13(11-17,7-5-2)10-15-9-8-14(3)12(15)16/h8-9,17H,4-7,10-11H2,1-3H3. The predicted molar refractivity (Wildman–Crippen MR) is 75.8 cm³/mol. The van der Waals surface area contributed by atoms with Crippen LogP contribution in [-0.4, -0.2) is 14.9 Å². The fraction of sp³-hybridized carbons (Fsp3) is 0.769. The Morgan fingerprint density at radius 1 is 1.24 bits per heavy atom. The molecule has 0 amide bonds. The molecule has 3 nitrogen and oxygen atoms in total. The van der Waals surface area contributed by atoms with Gasteiger partial charge in [0.25, 0.3) is 0 Å². The molecule has 0 radical (unpaired) electrons. The van der Waals surface area contributed by atoms with Gasteiger partial charge < -0.3 is 4.57 Å². The first-order chi connectivity index (χ1) is 8.08. The summed E-state index contributed by atoms with van der Waals surface area (Å²) in [5, 5.41) is 0. The summed E-state index contributed by atoms with van der Waals surface area (Å²) in [5.41, 5.74) is 0.237. The molecule has 0 saturated carbocycles. The molecule has 0 unspecified atom stereocenters. The van der Waals surface area contributed by atoms with Gasteiger partial charge in [0.15, 0.2) is 0 Å². The van der Waals surface area contributed by atoms with Crippen LogP contribution in [0.4, 0.5) is 0 Å². The van der Waals surface area contributed by atoms with E-state index in [2.05, 4.69) is 26.5 Å². The second-order valence-corrected chi connectivity index (χ2v) is 5.29. The van der Waals surface area contributed by atoms with E-state index in [4.69, 9.17) is 0 Å². The lowest BCUT2D eigenvalue weighted by Crippen LogP contribution is -2.34. The van der Waals surface area contributed by atoms with Crippen molar-refractivity contribution >= 4 is 12.6 Å². The Hall–Kier alpha value is -0.640. The summed E-state index contributed by atoms with van der Waals surface area (Å²) in [6.07, 6.45) is 8.25. The molecule has 0 aliphatic heterocycles. The topological polar surface area (TPSA) is 26.9 Å². The number of imidazole rings is 1. The number of nitrogens with zero attached hydrogens (tertiary/aromatic N) is 2. The van der Waals surface area contributed by atoms with Crippen LogP contribution < -0.4 is 5.69 Å². The van der Waals surface area contributed by atoms with Crippen molar-refractivity contribution in [1.82, 2.24) is 9.13 Å². The summed E-state index contributed by atoms with van der Waals surface area (Å²) in [4.78, 5) is 11.9. The molecule has 1 heterocycles. The summed E-state index contributed by atoms with van der Waals surface area (Å²) in [6, 6.07) is 0. The third-order valence-corrected chi connectivity index (χ3v) is 4.09. The monoisotopic (exact) mass is 256 g/mol. The fourth-order valence-corrected chi connectivity index (χ4v) is 2.96. The number of hydrogen-bond donors (Lipinski definition) is 1. The van der Waals surface area contributed by atoms with E-state index in [-0.39, 0.29) is 11.1 Å². The van der Waals surface area contributed by atoms with Crippen LogP contribution in [0, 0.1) is 5.41 Å². The molecule has 0 saturated heterocycles. The van der Waals surface area contributed by atoms with Crippen molar-refractivity contribution in [3.8, 4) is 0 Å². The van der Waals surface area contributed by atoms with Gasteiger partial charge in [0.2, 0.25) is 0 Å². The van der Waals surface area contributed by atoms with Crippen LogP contribution in [0.5, 0.6) is 0 Å². The van der Waals surface area contributed by atoms with E-state index in [1.54, 1.807) is 11.6 Å². The van der Waals surface area contributed by atoms with Gasteiger partial charge in [0.1, 0.15) is 0 Å². The quantitative estimate of drug-likeness (QED) is 0.746. The molecule has 0 aromatic carbocycles. The summed E-state index contributed by atoms with van der Waals surface area (Å²) in [5.74, 6) is 0.843. The normalized spacial score (nSPS) is 12.0. The number of aromatic nitrogens is 2. The van der Waals surface area contributed by atoms with Gasteiger partial charge in [-0.2, -0.15) is 12.6 Å². The maximum absolute atomic E-state index is 11.9. The summed E-state index contributed by atoms with van der Waals surface area (Å²) in [6.45, 7) is 5.18. The zero-order valence-corrected chi connectivity index (χ0v) is 12.0. The minimum absolute atomic E-state index is 0.0726. The lowest BCUT2D eigenvalue weighted by molar-refractivity contribution is 0.228. The van der Waals surface area contributed by atoms with Crippen molar-refractivity contribution in [2.45, 2.75) is 46.1 Å². The van der Waals surface area contributed by atoms with Crippen LogP contribution in [-0.2, 0) is 13.6 Å². The van der Waals surface area contributed by atoms with E-state index in [1.165, 1.54) is 0 Å². The highest BCUT2D eigenvalue weighted by Crippen LogP contribution is 2.32. The van der Waals surface area contributed by atoms with Crippen molar-refractivity contribution in [2.24, 2.45) is 12.5 Å². The smallest absolute Gasteiger partial charge is 0.302 e. The van der Waals surface area contributed by atoms with Gasteiger partial charge >= 0.3 is 5.69 Å². The average molecular weight is 256 g/mol. The third kappa shape index (κ3) is 3.41. The van der Waals surface area contributed by atoms with Crippen LogP contribution in [0.1, 0.15) is 39.5 Å². The van der Waals surface area contributed by atoms with Crippen LogP contribution in [0.15, 0.2) is 17.2 Å². The first kappa shape index (κ1) is 14.4. The highest BCUT2D eigenvalue weighted by molar-refractivity contribution is 7.80. The molecule has 4 heteroatoms. The molecule has 0 bridgehead atoms. The molecule has 0 aliphatic rings. The fourth-order valence-electron chi connectivity index (χ4n) is 2.54.